The first-order valence-corrected chi connectivity index (χ1v) is 8.39. The van der Waals surface area contributed by atoms with Gasteiger partial charge in [-0.05, 0) is 19.3 Å². The molecule has 1 spiro atoms. The number of nitrogens with zero attached hydrogens (tertiary/aromatic N) is 4. The van der Waals surface area contributed by atoms with Gasteiger partial charge in [0, 0.05) is 37.9 Å². The molecule has 0 radical (unpaired) electrons. The minimum atomic E-state index is -0.193. The molecular formula is C16H21ClN4O2. The van der Waals surface area contributed by atoms with Gasteiger partial charge in [-0.25, -0.2) is 9.97 Å². The summed E-state index contributed by atoms with van der Waals surface area (Å²) in [6, 6.07) is 0. The lowest BCUT2D eigenvalue weighted by Crippen LogP contribution is -2.69. The molecule has 3 rings (SSSR count). The molecular weight excluding hydrogens is 316 g/mol. The predicted octanol–water partition coefficient (Wildman–Crippen LogP) is 1.99. The summed E-state index contributed by atoms with van der Waals surface area (Å²) >= 11 is 5.77. The second kappa shape index (κ2) is 6.07. The summed E-state index contributed by atoms with van der Waals surface area (Å²) in [5.41, 5.74) is -0.193. The van der Waals surface area contributed by atoms with E-state index in [2.05, 4.69) is 9.97 Å². The first-order valence-electron chi connectivity index (χ1n) is 8.01. The van der Waals surface area contributed by atoms with Gasteiger partial charge in [0.25, 0.3) is 5.91 Å². The Morgan fingerprint density at radius 1 is 1.22 bits per heavy atom. The molecule has 1 aromatic heterocycles. The van der Waals surface area contributed by atoms with Gasteiger partial charge in [0.05, 0.1) is 10.6 Å². The van der Waals surface area contributed by atoms with Gasteiger partial charge < -0.3 is 9.80 Å². The second-order valence-electron chi connectivity index (χ2n) is 6.67. The molecule has 1 aromatic rings. The zero-order valence-corrected chi connectivity index (χ0v) is 14.2. The van der Waals surface area contributed by atoms with Crippen molar-refractivity contribution in [3.8, 4) is 0 Å². The van der Waals surface area contributed by atoms with E-state index in [1.165, 1.54) is 12.4 Å². The van der Waals surface area contributed by atoms with Crippen molar-refractivity contribution in [2.24, 2.45) is 5.92 Å². The van der Waals surface area contributed by atoms with Crippen molar-refractivity contribution in [3.63, 3.8) is 0 Å². The molecule has 2 aliphatic rings. The highest BCUT2D eigenvalue weighted by Crippen LogP contribution is 2.39. The summed E-state index contributed by atoms with van der Waals surface area (Å²) < 4.78 is 0. The fourth-order valence-corrected chi connectivity index (χ4v) is 3.57. The van der Waals surface area contributed by atoms with Crippen molar-refractivity contribution in [2.75, 3.05) is 19.6 Å². The number of carbonyl (C=O) groups is 2. The molecule has 6 nitrogen and oxygen atoms in total. The minimum Gasteiger partial charge on any atom is -0.335 e. The van der Waals surface area contributed by atoms with E-state index in [0.717, 1.165) is 25.8 Å². The Labute approximate surface area is 140 Å². The van der Waals surface area contributed by atoms with Crippen LogP contribution in [-0.2, 0) is 4.79 Å². The molecule has 0 N–H and O–H groups in total. The van der Waals surface area contributed by atoms with E-state index in [4.69, 9.17) is 11.6 Å². The highest BCUT2D eigenvalue weighted by molar-refractivity contribution is 6.30. The summed E-state index contributed by atoms with van der Waals surface area (Å²) in [7, 11) is 0. The molecule has 3 heterocycles. The monoisotopic (exact) mass is 336 g/mol. The molecule has 0 bridgehead atoms. The SMILES string of the molecule is CC(C)C(=O)N1CCC12CCCN(C(=O)c1ncc(Cl)cn1)C2. The topological polar surface area (TPSA) is 66.4 Å². The van der Waals surface area contributed by atoms with Crippen LogP contribution >= 0.6 is 11.6 Å². The van der Waals surface area contributed by atoms with Crippen molar-refractivity contribution < 1.29 is 9.59 Å². The molecule has 2 saturated heterocycles. The van der Waals surface area contributed by atoms with E-state index in [9.17, 15) is 9.59 Å². The van der Waals surface area contributed by atoms with Gasteiger partial charge in [-0.1, -0.05) is 25.4 Å². The Hall–Kier alpha value is -1.69. The van der Waals surface area contributed by atoms with Crippen molar-refractivity contribution in [1.82, 2.24) is 19.8 Å². The van der Waals surface area contributed by atoms with E-state index in [1.807, 2.05) is 18.7 Å². The zero-order chi connectivity index (χ0) is 16.6. The fraction of sp³-hybridized carbons (Fsp3) is 0.625. The molecule has 0 aromatic carbocycles. The average molecular weight is 337 g/mol. The molecule has 23 heavy (non-hydrogen) atoms. The number of carbonyl (C=O) groups excluding carboxylic acids is 2. The van der Waals surface area contributed by atoms with Gasteiger partial charge in [-0.3, -0.25) is 9.59 Å². The van der Waals surface area contributed by atoms with E-state index >= 15 is 0 Å². The van der Waals surface area contributed by atoms with Gasteiger partial charge >= 0.3 is 0 Å². The number of amides is 2. The summed E-state index contributed by atoms with van der Waals surface area (Å²) in [6.07, 6.45) is 5.66. The summed E-state index contributed by atoms with van der Waals surface area (Å²) in [5, 5.41) is 0.407. The Kier molecular flexibility index (Phi) is 4.27. The number of hydrogen-bond donors (Lipinski definition) is 0. The molecule has 7 heteroatoms. The van der Waals surface area contributed by atoms with Crippen LogP contribution in [0.25, 0.3) is 0 Å². The Morgan fingerprint density at radius 2 is 1.91 bits per heavy atom. The third-order valence-corrected chi connectivity index (χ3v) is 4.98. The predicted molar refractivity (Wildman–Crippen MR) is 86.1 cm³/mol. The van der Waals surface area contributed by atoms with Gasteiger partial charge in [0.2, 0.25) is 11.7 Å². The van der Waals surface area contributed by atoms with Gasteiger partial charge in [0.1, 0.15) is 0 Å². The van der Waals surface area contributed by atoms with Crippen LogP contribution in [0.15, 0.2) is 12.4 Å². The quantitative estimate of drug-likeness (QED) is 0.828. The van der Waals surface area contributed by atoms with Crippen LogP contribution in [0.5, 0.6) is 0 Å². The molecule has 1 unspecified atom stereocenters. The van der Waals surface area contributed by atoms with Gasteiger partial charge in [0.15, 0.2) is 0 Å². The highest BCUT2D eigenvalue weighted by Gasteiger charge is 2.50. The zero-order valence-electron chi connectivity index (χ0n) is 13.5. The molecule has 0 aliphatic carbocycles. The summed E-state index contributed by atoms with van der Waals surface area (Å²) in [5.74, 6) is 0.128. The molecule has 2 amide bonds. The summed E-state index contributed by atoms with van der Waals surface area (Å²) in [4.78, 5) is 36.7. The van der Waals surface area contributed by atoms with Gasteiger partial charge in [-0.15, -0.1) is 0 Å². The Bertz CT molecular complexity index is 619. The van der Waals surface area contributed by atoms with Crippen LogP contribution in [0.4, 0.5) is 0 Å². The van der Waals surface area contributed by atoms with Crippen LogP contribution < -0.4 is 0 Å². The summed E-state index contributed by atoms with van der Waals surface area (Å²) in [6.45, 7) is 5.87. The van der Waals surface area contributed by atoms with Crippen molar-refractivity contribution in [3.05, 3.63) is 23.2 Å². The standard InChI is InChI=1S/C16H21ClN4O2/c1-11(2)14(22)21-7-5-16(21)4-3-6-20(10-16)15(23)13-18-8-12(17)9-19-13/h8-9,11H,3-7,10H2,1-2H3. The Morgan fingerprint density at radius 3 is 2.48 bits per heavy atom. The lowest BCUT2D eigenvalue weighted by atomic mass is 9.77. The third kappa shape index (κ3) is 2.92. The minimum absolute atomic E-state index is 0.0159. The molecule has 2 aliphatic heterocycles. The van der Waals surface area contributed by atoms with Crippen molar-refractivity contribution in [1.29, 1.82) is 0 Å². The number of piperidine rings is 1. The van der Waals surface area contributed by atoms with Crippen LogP contribution in [0, 0.1) is 5.92 Å². The van der Waals surface area contributed by atoms with Crippen molar-refractivity contribution >= 4 is 23.4 Å². The number of likely N-dealkylation sites (tertiary alicyclic amines) is 2. The molecule has 124 valence electrons. The number of aromatic nitrogens is 2. The molecule has 1 atom stereocenters. The lowest BCUT2D eigenvalue weighted by molar-refractivity contribution is -0.155. The maximum Gasteiger partial charge on any atom is 0.291 e. The smallest absolute Gasteiger partial charge is 0.291 e. The maximum absolute atomic E-state index is 12.6. The van der Waals surface area contributed by atoms with E-state index in [1.54, 1.807) is 4.90 Å². The van der Waals surface area contributed by atoms with E-state index < -0.39 is 0 Å². The number of hydrogen-bond acceptors (Lipinski definition) is 4. The van der Waals surface area contributed by atoms with Crippen LogP contribution in [0.1, 0.15) is 43.7 Å². The van der Waals surface area contributed by atoms with E-state index in [0.29, 0.717) is 18.1 Å². The van der Waals surface area contributed by atoms with Crippen LogP contribution in [0.2, 0.25) is 5.02 Å². The van der Waals surface area contributed by atoms with E-state index in [-0.39, 0.29) is 29.1 Å². The van der Waals surface area contributed by atoms with Crippen LogP contribution in [-0.4, -0.2) is 56.8 Å². The molecule has 0 saturated carbocycles. The normalized spacial score (nSPS) is 24.0. The number of rotatable bonds is 2. The molecule has 2 fully saturated rings. The largest absolute Gasteiger partial charge is 0.335 e. The average Bonchev–Trinajstić information content (AvgIpc) is 2.54. The van der Waals surface area contributed by atoms with Crippen molar-refractivity contribution in [2.45, 2.75) is 38.6 Å². The highest BCUT2D eigenvalue weighted by atomic mass is 35.5. The first-order chi connectivity index (χ1) is 10.9. The van der Waals surface area contributed by atoms with Gasteiger partial charge in [-0.2, -0.15) is 0 Å². The third-order valence-electron chi connectivity index (χ3n) is 4.79. The first kappa shape index (κ1) is 16.2. The number of halogens is 1. The Balaban J connectivity index is 1.74. The fourth-order valence-electron chi connectivity index (χ4n) is 3.47. The van der Waals surface area contributed by atoms with Crippen LogP contribution in [0.3, 0.4) is 0 Å². The lowest BCUT2D eigenvalue weighted by Gasteiger charge is -2.57. The maximum atomic E-state index is 12.6. The second-order valence-corrected chi connectivity index (χ2v) is 7.11.